The molecule has 1 fully saturated rings. The Bertz CT molecular complexity index is 590. The third-order valence-corrected chi connectivity index (χ3v) is 4.14. The number of halogens is 2. The van der Waals surface area contributed by atoms with Crippen LogP contribution in [0.4, 0.5) is 0 Å². The zero-order valence-electron chi connectivity index (χ0n) is 10.0. The fourth-order valence-corrected chi connectivity index (χ4v) is 2.61. The second kappa shape index (κ2) is 4.67. The van der Waals surface area contributed by atoms with Gasteiger partial charge in [-0.25, -0.2) is 0 Å². The van der Waals surface area contributed by atoms with Crippen LogP contribution in [0.5, 0.6) is 0 Å². The van der Waals surface area contributed by atoms with Crippen LogP contribution in [0.3, 0.4) is 0 Å². The molecule has 0 radical (unpaired) electrons. The molecule has 1 aromatic carbocycles. The molecule has 18 heavy (non-hydrogen) atoms. The quantitative estimate of drug-likeness (QED) is 0.794. The summed E-state index contributed by atoms with van der Waals surface area (Å²) in [7, 11) is 0. The van der Waals surface area contributed by atoms with E-state index in [1.807, 2.05) is 19.1 Å². The van der Waals surface area contributed by atoms with Gasteiger partial charge in [-0.15, -0.1) is 10.2 Å². The van der Waals surface area contributed by atoms with Gasteiger partial charge in [-0.3, -0.25) is 0 Å². The van der Waals surface area contributed by atoms with E-state index in [1.54, 1.807) is 0 Å². The number of hydrogen-bond acceptors (Lipinski definition) is 2. The Labute approximate surface area is 119 Å². The van der Waals surface area contributed by atoms with Crippen molar-refractivity contribution >= 4 is 27.5 Å². The summed E-state index contributed by atoms with van der Waals surface area (Å²) in [5.74, 6) is 1.95. The van der Waals surface area contributed by atoms with E-state index in [1.165, 1.54) is 12.8 Å². The lowest BCUT2D eigenvalue weighted by atomic mass is 10.1. The molecule has 5 heteroatoms. The lowest BCUT2D eigenvalue weighted by Gasteiger charge is -2.08. The standard InChI is InChI=1S/C13H13BrClN3/c1-8-6-9(2-5-11(8)15)13-17-16-12(7-14)18(13)10-3-4-10/h2,5-6,10H,3-4,7H2,1H3. The van der Waals surface area contributed by atoms with Gasteiger partial charge in [0.2, 0.25) is 0 Å². The summed E-state index contributed by atoms with van der Waals surface area (Å²) in [6, 6.07) is 6.57. The van der Waals surface area contributed by atoms with E-state index in [0.29, 0.717) is 6.04 Å². The van der Waals surface area contributed by atoms with Gasteiger partial charge in [-0.2, -0.15) is 0 Å². The number of hydrogen-bond donors (Lipinski definition) is 0. The number of aryl methyl sites for hydroxylation is 1. The van der Waals surface area contributed by atoms with Crippen molar-refractivity contribution in [3.05, 3.63) is 34.6 Å². The van der Waals surface area contributed by atoms with Crippen LogP contribution in [0.2, 0.25) is 5.02 Å². The summed E-state index contributed by atoms with van der Waals surface area (Å²) < 4.78 is 2.25. The van der Waals surface area contributed by atoms with E-state index in [4.69, 9.17) is 11.6 Å². The van der Waals surface area contributed by atoms with Crippen LogP contribution in [-0.4, -0.2) is 14.8 Å². The highest BCUT2D eigenvalue weighted by Gasteiger charge is 2.29. The smallest absolute Gasteiger partial charge is 0.164 e. The molecule has 0 saturated heterocycles. The van der Waals surface area contributed by atoms with E-state index in [9.17, 15) is 0 Å². The Kier molecular flexibility index (Phi) is 3.16. The predicted octanol–water partition coefficient (Wildman–Crippen LogP) is 4.14. The van der Waals surface area contributed by atoms with Gasteiger partial charge in [0.05, 0.1) is 5.33 Å². The molecule has 3 rings (SSSR count). The van der Waals surface area contributed by atoms with Gasteiger partial charge in [0.15, 0.2) is 5.82 Å². The molecule has 0 spiro atoms. The van der Waals surface area contributed by atoms with Crippen molar-refractivity contribution in [1.29, 1.82) is 0 Å². The van der Waals surface area contributed by atoms with Crippen molar-refractivity contribution in [3.63, 3.8) is 0 Å². The summed E-state index contributed by atoms with van der Waals surface area (Å²) in [5.41, 5.74) is 2.16. The average Bonchev–Trinajstić information content (AvgIpc) is 3.12. The summed E-state index contributed by atoms with van der Waals surface area (Å²) in [6.45, 7) is 2.01. The van der Waals surface area contributed by atoms with E-state index in [2.05, 4.69) is 36.8 Å². The second-order valence-corrected chi connectivity index (χ2v) is 5.61. The lowest BCUT2D eigenvalue weighted by Crippen LogP contribution is -2.01. The van der Waals surface area contributed by atoms with Crippen molar-refractivity contribution < 1.29 is 0 Å². The highest BCUT2D eigenvalue weighted by atomic mass is 79.9. The molecule has 0 unspecified atom stereocenters. The summed E-state index contributed by atoms with van der Waals surface area (Å²) in [4.78, 5) is 0. The first-order valence-electron chi connectivity index (χ1n) is 5.97. The molecule has 1 saturated carbocycles. The zero-order valence-corrected chi connectivity index (χ0v) is 12.4. The molecular weight excluding hydrogens is 314 g/mol. The largest absolute Gasteiger partial charge is 0.307 e. The molecule has 1 aliphatic carbocycles. The average molecular weight is 327 g/mol. The van der Waals surface area contributed by atoms with Crippen molar-refractivity contribution in [1.82, 2.24) is 14.8 Å². The molecule has 0 N–H and O–H groups in total. The number of benzene rings is 1. The van der Waals surface area contributed by atoms with Crippen LogP contribution < -0.4 is 0 Å². The highest BCUT2D eigenvalue weighted by Crippen LogP contribution is 2.39. The van der Waals surface area contributed by atoms with E-state index in [0.717, 1.165) is 33.1 Å². The van der Waals surface area contributed by atoms with Gasteiger partial charge in [0.1, 0.15) is 5.82 Å². The maximum atomic E-state index is 6.06. The Morgan fingerprint density at radius 1 is 1.39 bits per heavy atom. The van der Waals surface area contributed by atoms with Crippen molar-refractivity contribution in [2.75, 3.05) is 0 Å². The minimum atomic E-state index is 0.568. The van der Waals surface area contributed by atoms with Crippen LogP contribution in [-0.2, 0) is 5.33 Å². The number of rotatable bonds is 3. The Balaban J connectivity index is 2.10. The molecule has 0 bridgehead atoms. The van der Waals surface area contributed by atoms with Crippen LogP contribution in [0.15, 0.2) is 18.2 Å². The third-order valence-electron chi connectivity index (χ3n) is 3.21. The van der Waals surface area contributed by atoms with Gasteiger partial charge in [0.25, 0.3) is 0 Å². The molecule has 1 aromatic heterocycles. The van der Waals surface area contributed by atoms with Crippen LogP contribution in [0.25, 0.3) is 11.4 Å². The topological polar surface area (TPSA) is 30.7 Å². The van der Waals surface area contributed by atoms with E-state index < -0.39 is 0 Å². The number of alkyl halides is 1. The molecule has 0 atom stereocenters. The fourth-order valence-electron chi connectivity index (χ4n) is 2.11. The Hall–Kier alpha value is -0.870. The summed E-state index contributed by atoms with van der Waals surface area (Å²) in [5, 5.41) is 10.1. The molecule has 0 aliphatic heterocycles. The lowest BCUT2D eigenvalue weighted by molar-refractivity contribution is 0.714. The van der Waals surface area contributed by atoms with Crippen LogP contribution in [0, 0.1) is 6.92 Å². The van der Waals surface area contributed by atoms with Crippen LogP contribution in [0.1, 0.15) is 30.3 Å². The Morgan fingerprint density at radius 2 is 2.17 bits per heavy atom. The summed E-state index contributed by atoms with van der Waals surface area (Å²) >= 11 is 9.54. The van der Waals surface area contributed by atoms with Gasteiger partial charge >= 0.3 is 0 Å². The zero-order chi connectivity index (χ0) is 12.7. The first-order chi connectivity index (χ1) is 8.70. The molecule has 0 amide bonds. The summed E-state index contributed by atoms with van der Waals surface area (Å²) in [6.07, 6.45) is 2.44. The predicted molar refractivity (Wildman–Crippen MR) is 76.1 cm³/mol. The maximum absolute atomic E-state index is 6.06. The van der Waals surface area contributed by atoms with Crippen molar-refractivity contribution in [2.45, 2.75) is 31.1 Å². The first-order valence-corrected chi connectivity index (χ1v) is 7.47. The first kappa shape index (κ1) is 12.2. The maximum Gasteiger partial charge on any atom is 0.164 e. The van der Waals surface area contributed by atoms with Gasteiger partial charge < -0.3 is 4.57 Å². The van der Waals surface area contributed by atoms with Gasteiger partial charge in [-0.05, 0) is 43.5 Å². The molecule has 1 aliphatic rings. The minimum Gasteiger partial charge on any atom is -0.307 e. The fraction of sp³-hybridized carbons (Fsp3) is 0.385. The molecule has 94 valence electrons. The third kappa shape index (κ3) is 2.08. The van der Waals surface area contributed by atoms with Crippen molar-refractivity contribution in [3.8, 4) is 11.4 Å². The molecular formula is C13H13BrClN3. The van der Waals surface area contributed by atoms with E-state index >= 15 is 0 Å². The monoisotopic (exact) mass is 325 g/mol. The number of nitrogens with zero attached hydrogens (tertiary/aromatic N) is 3. The molecule has 2 aromatic rings. The van der Waals surface area contributed by atoms with Gasteiger partial charge in [0, 0.05) is 16.6 Å². The molecule has 3 nitrogen and oxygen atoms in total. The number of aromatic nitrogens is 3. The second-order valence-electron chi connectivity index (χ2n) is 4.64. The van der Waals surface area contributed by atoms with Crippen LogP contribution >= 0.6 is 27.5 Å². The van der Waals surface area contributed by atoms with E-state index in [-0.39, 0.29) is 0 Å². The molecule has 1 heterocycles. The SMILES string of the molecule is Cc1cc(-c2nnc(CBr)n2C2CC2)ccc1Cl. The minimum absolute atomic E-state index is 0.568. The van der Waals surface area contributed by atoms with Gasteiger partial charge in [-0.1, -0.05) is 27.5 Å². The highest BCUT2D eigenvalue weighted by molar-refractivity contribution is 9.08. The Morgan fingerprint density at radius 3 is 2.78 bits per heavy atom. The normalized spacial score (nSPS) is 15.1. The van der Waals surface area contributed by atoms with Crippen molar-refractivity contribution in [2.24, 2.45) is 0 Å².